The van der Waals surface area contributed by atoms with Crippen molar-refractivity contribution in [3.63, 3.8) is 0 Å². The minimum atomic E-state index is 0.0886. The minimum absolute atomic E-state index is 0.0886. The van der Waals surface area contributed by atoms with Crippen LogP contribution in [-0.2, 0) is 6.42 Å². The first-order chi connectivity index (χ1) is 9.65. The van der Waals surface area contributed by atoms with Gasteiger partial charge in [-0.25, -0.2) is 0 Å². The number of aryl methyl sites for hydroxylation is 1. The summed E-state index contributed by atoms with van der Waals surface area (Å²) in [6.07, 6.45) is 3.44. The Morgan fingerprint density at radius 1 is 1.20 bits per heavy atom. The Morgan fingerprint density at radius 3 is 2.75 bits per heavy atom. The number of benzene rings is 1. The van der Waals surface area contributed by atoms with Gasteiger partial charge in [0.15, 0.2) is 0 Å². The maximum atomic E-state index is 6.28. The predicted octanol–water partition coefficient (Wildman–Crippen LogP) is 4.56. The van der Waals surface area contributed by atoms with Crippen LogP contribution < -0.4 is 10.5 Å². The second-order valence-corrected chi connectivity index (χ2v) is 6.35. The molecule has 0 fully saturated rings. The van der Waals surface area contributed by atoms with Crippen molar-refractivity contribution >= 4 is 11.3 Å². The topological polar surface area (TPSA) is 35.2 Å². The molecule has 0 aliphatic carbocycles. The first-order valence-electron chi connectivity index (χ1n) is 7.19. The van der Waals surface area contributed by atoms with Crippen LogP contribution in [0.15, 0.2) is 41.8 Å². The average Bonchev–Trinajstić information content (AvgIpc) is 2.91. The first kappa shape index (κ1) is 15.1. The molecular weight excluding hydrogens is 266 g/mol. The van der Waals surface area contributed by atoms with E-state index in [0.717, 1.165) is 30.6 Å². The van der Waals surface area contributed by atoms with Crippen molar-refractivity contribution in [3.05, 3.63) is 52.2 Å². The molecule has 108 valence electrons. The molecule has 0 saturated heterocycles. The summed E-state index contributed by atoms with van der Waals surface area (Å²) < 4.78 is 5.71. The van der Waals surface area contributed by atoms with Crippen molar-refractivity contribution in [2.45, 2.75) is 45.3 Å². The number of hydrogen-bond donors (Lipinski definition) is 1. The van der Waals surface area contributed by atoms with Gasteiger partial charge in [0.2, 0.25) is 0 Å². The molecule has 0 aliphatic rings. The van der Waals surface area contributed by atoms with Gasteiger partial charge in [0.1, 0.15) is 5.75 Å². The summed E-state index contributed by atoms with van der Waals surface area (Å²) >= 11 is 1.82. The van der Waals surface area contributed by atoms with Crippen LogP contribution in [-0.4, -0.2) is 6.10 Å². The molecule has 2 N–H and O–H groups in total. The summed E-state index contributed by atoms with van der Waals surface area (Å²) in [5.74, 6) is 0.909. The van der Waals surface area contributed by atoms with Gasteiger partial charge in [-0.05, 0) is 62.3 Å². The Kier molecular flexibility index (Phi) is 5.62. The number of thiophene rings is 1. The van der Waals surface area contributed by atoms with Gasteiger partial charge >= 0.3 is 0 Å². The highest BCUT2D eigenvalue weighted by Gasteiger charge is 2.08. The lowest BCUT2D eigenvalue weighted by molar-refractivity contribution is 0.242. The van der Waals surface area contributed by atoms with Crippen LogP contribution in [0.1, 0.15) is 43.2 Å². The summed E-state index contributed by atoms with van der Waals surface area (Å²) in [6.45, 7) is 4.07. The van der Waals surface area contributed by atoms with Crippen LogP contribution in [0.5, 0.6) is 5.75 Å². The number of ether oxygens (including phenoxy) is 1. The summed E-state index contributed by atoms with van der Waals surface area (Å²) in [6, 6.07) is 12.5. The maximum Gasteiger partial charge on any atom is 0.120 e. The number of rotatable bonds is 7. The average molecular weight is 289 g/mol. The van der Waals surface area contributed by atoms with Crippen LogP contribution in [0, 0.1) is 0 Å². The molecule has 0 spiro atoms. The van der Waals surface area contributed by atoms with Crippen LogP contribution in [0.3, 0.4) is 0 Å². The lowest BCUT2D eigenvalue weighted by atomic mass is 10.0. The van der Waals surface area contributed by atoms with E-state index in [1.54, 1.807) is 0 Å². The van der Waals surface area contributed by atoms with Crippen molar-refractivity contribution in [2.75, 3.05) is 0 Å². The van der Waals surface area contributed by atoms with Gasteiger partial charge in [-0.1, -0.05) is 18.2 Å². The van der Waals surface area contributed by atoms with E-state index in [1.807, 2.05) is 37.3 Å². The van der Waals surface area contributed by atoms with E-state index in [-0.39, 0.29) is 12.1 Å². The molecule has 0 saturated carbocycles. The van der Waals surface area contributed by atoms with Crippen molar-refractivity contribution in [2.24, 2.45) is 5.73 Å². The molecule has 0 aliphatic heterocycles. The van der Waals surface area contributed by atoms with Gasteiger partial charge in [-0.15, -0.1) is 11.3 Å². The molecular formula is C17H23NOS. The van der Waals surface area contributed by atoms with E-state index < -0.39 is 0 Å². The summed E-state index contributed by atoms with van der Waals surface area (Å²) in [7, 11) is 0. The fraction of sp³-hybridized carbons (Fsp3) is 0.412. The number of nitrogens with two attached hydrogens (primary N) is 1. The van der Waals surface area contributed by atoms with E-state index in [0.29, 0.717) is 0 Å². The molecule has 2 aromatic rings. The van der Waals surface area contributed by atoms with Crippen LogP contribution >= 0.6 is 11.3 Å². The monoisotopic (exact) mass is 289 g/mol. The molecule has 0 bridgehead atoms. The Balaban J connectivity index is 1.86. The third kappa shape index (κ3) is 4.66. The van der Waals surface area contributed by atoms with Crippen LogP contribution in [0.2, 0.25) is 0 Å². The van der Waals surface area contributed by atoms with E-state index >= 15 is 0 Å². The fourth-order valence-electron chi connectivity index (χ4n) is 2.21. The third-order valence-electron chi connectivity index (χ3n) is 3.18. The summed E-state index contributed by atoms with van der Waals surface area (Å²) in [5.41, 5.74) is 7.44. The van der Waals surface area contributed by atoms with E-state index in [9.17, 15) is 0 Å². The Hall–Kier alpha value is -1.32. The lowest BCUT2D eigenvalue weighted by Crippen LogP contribution is -2.11. The van der Waals surface area contributed by atoms with E-state index in [2.05, 4.69) is 29.6 Å². The molecule has 1 unspecified atom stereocenters. The summed E-state index contributed by atoms with van der Waals surface area (Å²) in [4.78, 5) is 1.44. The van der Waals surface area contributed by atoms with Crippen molar-refractivity contribution in [3.8, 4) is 5.75 Å². The van der Waals surface area contributed by atoms with Crippen LogP contribution in [0.4, 0.5) is 0 Å². The van der Waals surface area contributed by atoms with Gasteiger partial charge in [0, 0.05) is 10.9 Å². The highest BCUT2D eigenvalue weighted by molar-refractivity contribution is 7.09. The molecule has 1 atom stereocenters. The fourth-order valence-corrected chi connectivity index (χ4v) is 2.96. The molecule has 0 radical (unpaired) electrons. The van der Waals surface area contributed by atoms with Crippen molar-refractivity contribution in [1.29, 1.82) is 0 Å². The standard InChI is InChI=1S/C17H23NOS/c1-13(2)19-15-7-3-6-14(12-15)17(18)10-4-8-16-9-5-11-20-16/h3,5-7,9,11-13,17H,4,8,10,18H2,1-2H3. The Morgan fingerprint density at radius 2 is 2.05 bits per heavy atom. The van der Waals surface area contributed by atoms with Crippen molar-refractivity contribution < 1.29 is 4.74 Å². The zero-order valence-corrected chi connectivity index (χ0v) is 13.0. The maximum absolute atomic E-state index is 6.28. The van der Waals surface area contributed by atoms with Gasteiger partial charge in [-0.3, -0.25) is 0 Å². The van der Waals surface area contributed by atoms with Gasteiger partial charge in [0.25, 0.3) is 0 Å². The quantitative estimate of drug-likeness (QED) is 0.811. The SMILES string of the molecule is CC(C)Oc1cccc(C(N)CCCc2cccs2)c1. The van der Waals surface area contributed by atoms with E-state index in [4.69, 9.17) is 10.5 Å². The molecule has 2 nitrogen and oxygen atoms in total. The second-order valence-electron chi connectivity index (χ2n) is 5.32. The second kappa shape index (κ2) is 7.46. The van der Waals surface area contributed by atoms with Gasteiger partial charge in [0.05, 0.1) is 6.10 Å². The normalized spacial score (nSPS) is 12.6. The largest absolute Gasteiger partial charge is 0.491 e. The van der Waals surface area contributed by atoms with E-state index in [1.165, 1.54) is 4.88 Å². The zero-order valence-electron chi connectivity index (χ0n) is 12.2. The summed E-state index contributed by atoms with van der Waals surface area (Å²) in [5, 5.41) is 2.13. The van der Waals surface area contributed by atoms with Crippen LogP contribution in [0.25, 0.3) is 0 Å². The molecule has 1 aromatic heterocycles. The third-order valence-corrected chi connectivity index (χ3v) is 4.11. The minimum Gasteiger partial charge on any atom is -0.491 e. The molecule has 1 aromatic carbocycles. The predicted molar refractivity (Wildman–Crippen MR) is 86.4 cm³/mol. The first-order valence-corrected chi connectivity index (χ1v) is 8.07. The zero-order chi connectivity index (χ0) is 14.4. The molecule has 20 heavy (non-hydrogen) atoms. The number of hydrogen-bond acceptors (Lipinski definition) is 3. The lowest BCUT2D eigenvalue weighted by Gasteiger charge is -2.15. The van der Waals surface area contributed by atoms with Gasteiger partial charge < -0.3 is 10.5 Å². The smallest absolute Gasteiger partial charge is 0.120 e. The molecule has 3 heteroatoms. The molecule has 2 rings (SSSR count). The Labute approximate surface area is 125 Å². The molecule has 1 heterocycles. The highest BCUT2D eigenvalue weighted by atomic mass is 32.1. The highest BCUT2D eigenvalue weighted by Crippen LogP contribution is 2.23. The molecule has 0 amide bonds. The Bertz CT molecular complexity index is 507. The van der Waals surface area contributed by atoms with Gasteiger partial charge in [-0.2, -0.15) is 0 Å². The van der Waals surface area contributed by atoms with Crippen molar-refractivity contribution in [1.82, 2.24) is 0 Å².